The van der Waals surface area contributed by atoms with Gasteiger partial charge in [0, 0.05) is 43.1 Å². The number of benzene rings is 3. The Hall–Kier alpha value is -2.98. The molecule has 0 bridgehead atoms. The predicted molar refractivity (Wildman–Crippen MR) is 164 cm³/mol. The van der Waals surface area contributed by atoms with Crippen LogP contribution in [0.1, 0.15) is 11.1 Å². The van der Waals surface area contributed by atoms with Crippen molar-refractivity contribution in [3.05, 3.63) is 103 Å². The SMILES string of the molecule is Clc1ccc(/C=N/Nc2nc(-c3ccc(-c4csc(N/N=C/c5ccc(Cl)cc5Cl)n4)cc3)cs2)c(Cl)c1. The number of halogens is 4. The molecule has 3 aromatic carbocycles. The predicted octanol–water partition coefficient (Wildman–Crippen LogP) is 9.44. The van der Waals surface area contributed by atoms with Crippen molar-refractivity contribution >= 4 is 91.8 Å². The molecule has 6 nitrogen and oxygen atoms in total. The highest BCUT2D eigenvalue weighted by atomic mass is 35.5. The van der Waals surface area contributed by atoms with Crippen LogP contribution in [0.15, 0.2) is 81.6 Å². The maximum Gasteiger partial charge on any atom is 0.203 e. The molecule has 2 heterocycles. The first-order valence-electron chi connectivity index (χ1n) is 10.9. The molecule has 0 unspecified atom stereocenters. The third kappa shape index (κ3) is 6.71. The van der Waals surface area contributed by atoms with E-state index in [1.807, 2.05) is 35.0 Å². The quantitative estimate of drug-likeness (QED) is 0.134. The zero-order chi connectivity index (χ0) is 26.5. The summed E-state index contributed by atoms with van der Waals surface area (Å²) in [6, 6.07) is 18.5. The van der Waals surface area contributed by atoms with Gasteiger partial charge < -0.3 is 0 Å². The van der Waals surface area contributed by atoms with E-state index in [0.717, 1.165) is 33.6 Å². The van der Waals surface area contributed by atoms with Crippen molar-refractivity contribution in [3.8, 4) is 22.5 Å². The van der Waals surface area contributed by atoms with Crippen LogP contribution in [-0.4, -0.2) is 22.4 Å². The number of aromatic nitrogens is 2. The van der Waals surface area contributed by atoms with Crippen LogP contribution >= 0.6 is 69.1 Å². The molecule has 0 saturated carbocycles. The van der Waals surface area contributed by atoms with Crippen molar-refractivity contribution < 1.29 is 0 Å². The van der Waals surface area contributed by atoms with Crippen molar-refractivity contribution in [3.63, 3.8) is 0 Å². The minimum absolute atomic E-state index is 0.529. The van der Waals surface area contributed by atoms with Gasteiger partial charge in [-0.3, -0.25) is 10.9 Å². The molecular weight excluding hydrogens is 602 g/mol. The molecule has 0 amide bonds. The molecule has 0 atom stereocenters. The van der Waals surface area contributed by atoms with Gasteiger partial charge in [-0.05, 0) is 24.3 Å². The Morgan fingerprint density at radius 3 is 1.42 bits per heavy atom. The molecule has 0 fully saturated rings. The molecular formula is C26H16Cl4N6S2. The summed E-state index contributed by atoms with van der Waals surface area (Å²) < 4.78 is 0. The van der Waals surface area contributed by atoms with Gasteiger partial charge in [-0.1, -0.05) is 82.8 Å². The van der Waals surface area contributed by atoms with Crippen LogP contribution in [0.3, 0.4) is 0 Å². The van der Waals surface area contributed by atoms with Gasteiger partial charge >= 0.3 is 0 Å². The minimum atomic E-state index is 0.529. The Balaban J connectivity index is 1.19. The Morgan fingerprint density at radius 2 is 1.03 bits per heavy atom. The number of hydrogen-bond acceptors (Lipinski definition) is 8. The monoisotopic (exact) mass is 616 g/mol. The second kappa shape index (κ2) is 12.3. The van der Waals surface area contributed by atoms with Crippen LogP contribution in [0.4, 0.5) is 10.3 Å². The number of thiazole rings is 2. The Morgan fingerprint density at radius 1 is 0.605 bits per heavy atom. The average molecular weight is 618 g/mol. The summed E-state index contributed by atoms with van der Waals surface area (Å²) in [7, 11) is 0. The Kier molecular flexibility index (Phi) is 8.58. The number of nitrogens with one attached hydrogen (secondary N) is 2. The van der Waals surface area contributed by atoms with E-state index in [1.54, 1.807) is 48.8 Å². The number of anilines is 2. The second-order valence-corrected chi connectivity index (χ2v) is 11.1. The smallest absolute Gasteiger partial charge is 0.203 e. The summed E-state index contributed by atoms with van der Waals surface area (Å²) in [4.78, 5) is 9.22. The summed E-state index contributed by atoms with van der Waals surface area (Å²) in [5.74, 6) is 0. The van der Waals surface area contributed by atoms with Gasteiger partial charge in [0.15, 0.2) is 0 Å². The molecule has 0 saturated heterocycles. The molecule has 0 aliphatic rings. The summed E-state index contributed by atoms with van der Waals surface area (Å²) in [5, 5.41) is 15.9. The van der Waals surface area contributed by atoms with E-state index >= 15 is 0 Å². The molecule has 12 heteroatoms. The van der Waals surface area contributed by atoms with E-state index in [1.165, 1.54) is 22.7 Å². The van der Waals surface area contributed by atoms with Gasteiger partial charge in [0.05, 0.1) is 33.9 Å². The molecule has 2 aromatic heterocycles. The average Bonchev–Trinajstić information content (AvgIpc) is 3.57. The lowest BCUT2D eigenvalue weighted by atomic mass is 10.1. The summed E-state index contributed by atoms with van der Waals surface area (Å²) in [5.41, 5.74) is 11.1. The maximum atomic E-state index is 6.17. The van der Waals surface area contributed by atoms with E-state index < -0.39 is 0 Å². The molecule has 2 N–H and O–H groups in total. The molecule has 5 rings (SSSR count). The lowest BCUT2D eigenvalue weighted by Gasteiger charge is -2.00. The van der Waals surface area contributed by atoms with Crippen molar-refractivity contribution in [1.82, 2.24) is 9.97 Å². The van der Waals surface area contributed by atoms with Crippen molar-refractivity contribution in [2.75, 3.05) is 10.9 Å². The first kappa shape index (κ1) is 26.6. The van der Waals surface area contributed by atoms with E-state index in [9.17, 15) is 0 Å². The number of hydrazone groups is 2. The van der Waals surface area contributed by atoms with E-state index in [2.05, 4.69) is 31.0 Å². The fraction of sp³-hybridized carbons (Fsp3) is 0. The number of hydrogen-bond donors (Lipinski definition) is 2. The topological polar surface area (TPSA) is 74.6 Å². The zero-order valence-electron chi connectivity index (χ0n) is 19.2. The van der Waals surface area contributed by atoms with Gasteiger partial charge in [0.25, 0.3) is 0 Å². The highest BCUT2D eigenvalue weighted by Gasteiger charge is 2.08. The Labute approximate surface area is 246 Å². The summed E-state index contributed by atoms with van der Waals surface area (Å²) >= 11 is 27.1. The molecule has 38 heavy (non-hydrogen) atoms. The zero-order valence-corrected chi connectivity index (χ0v) is 23.9. The van der Waals surface area contributed by atoms with Crippen molar-refractivity contribution in [1.29, 1.82) is 0 Å². The van der Waals surface area contributed by atoms with E-state index in [-0.39, 0.29) is 0 Å². The lowest BCUT2D eigenvalue weighted by molar-refractivity contribution is 1.28. The van der Waals surface area contributed by atoms with Gasteiger partial charge in [-0.25, -0.2) is 9.97 Å². The van der Waals surface area contributed by atoms with Crippen LogP contribution in [0.25, 0.3) is 22.5 Å². The van der Waals surface area contributed by atoms with Gasteiger partial charge in [-0.15, -0.1) is 22.7 Å². The van der Waals surface area contributed by atoms with Gasteiger partial charge in [0.1, 0.15) is 0 Å². The summed E-state index contributed by atoms with van der Waals surface area (Å²) in [6.07, 6.45) is 3.26. The van der Waals surface area contributed by atoms with E-state index in [0.29, 0.717) is 30.4 Å². The first-order valence-corrected chi connectivity index (χ1v) is 14.2. The van der Waals surface area contributed by atoms with Crippen LogP contribution in [0, 0.1) is 0 Å². The third-order valence-electron chi connectivity index (χ3n) is 5.14. The second-order valence-electron chi connectivity index (χ2n) is 7.72. The normalized spacial score (nSPS) is 11.5. The highest BCUT2D eigenvalue weighted by Crippen LogP contribution is 2.29. The van der Waals surface area contributed by atoms with Crippen LogP contribution in [0.5, 0.6) is 0 Å². The standard InChI is InChI=1S/C26H16Cl4N6S2/c27-19-7-5-17(21(29)9-19)11-31-35-25-33-23(13-37-25)15-1-2-16(4-3-15)24-14-38-26(34-24)36-32-12-18-6-8-20(28)10-22(18)30/h1-14H,(H,33,35)(H,34,36)/b31-11+,32-12+. The molecule has 0 aliphatic heterocycles. The first-order chi connectivity index (χ1) is 18.4. The van der Waals surface area contributed by atoms with Crippen molar-refractivity contribution in [2.24, 2.45) is 10.2 Å². The fourth-order valence-electron chi connectivity index (χ4n) is 3.25. The fourth-order valence-corrected chi connectivity index (χ4v) is 5.51. The van der Waals surface area contributed by atoms with Gasteiger partial charge in [-0.2, -0.15) is 10.2 Å². The largest absolute Gasteiger partial charge is 0.253 e. The lowest BCUT2D eigenvalue weighted by Crippen LogP contribution is -1.91. The maximum absolute atomic E-state index is 6.17. The summed E-state index contributed by atoms with van der Waals surface area (Å²) in [6.45, 7) is 0. The third-order valence-corrected chi connectivity index (χ3v) is 7.76. The number of nitrogens with zero attached hydrogens (tertiary/aromatic N) is 4. The van der Waals surface area contributed by atoms with Crippen molar-refractivity contribution in [2.45, 2.75) is 0 Å². The molecule has 0 radical (unpaired) electrons. The van der Waals surface area contributed by atoms with Crippen LogP contribution in [0.2, 0.25) is 20.1 Å². The molecule has 5 aromatic rings. The molecule has 0 spiro atoms. The van der Waals surface area contributed by atoms with E-state index in [4.69, 9.17) is 46.4 Å². The van der Waals surface area contributed by atoms with Crippen LogP contribution in [-0.2, 0) is 0 Å². The minimum Gasteiger partial charge on any atom is -0.253 e. The van der Waals surface area contributed by atoms with Crippen LogP contribution < -0.4 is 10.9 Å². The number of rotatable bonds is 8. The Bertz CT molecular complexity index is 1510. The highest BCUT2D eigenvalue weighted by molar-refractivity contribution is 7.14. The molecule has 190 valence electrons. The molecule has 0 aliphatic carbocycles. The van der Waals surface area contributed by atoms with Gasteiger partial charge in [0.2, 0.25) is 10.3 Å².